The topological polar surface area (TPSA) is 93.9 Å². The number of nitrogens with zero attached hydrogens (tertiary/aromatic N) is 3. The maximum absolute atomic E-state index is 12.8. The van der Waals surface area contributed by atoms with E-state index in [-0.39, 0.29) is 22.4 Å². The molecule has 7 nitrogen and oxygen atoms in total. The van der Waals surface area contributed by atoms with Gasteiger partial charge in [-0.15, -0.1) is 14.4 Å². The molecule has 2 N–H and O–H groups in total. The highest BCUT2D eigenvalue weighted by Crippen LogP contribution is 2.29. The summed E-state index contributed by atoms with van der Waals surface area (Å²) in [6.07, 6.45) is -4.46. The minimum atomic E-state index is -4.46. The van der Waals surface area contributed by atoms with Gasteiger partial charge in [0, 0.05) is 0 Å². The quantitative estimate of drug-likeness (QED) is 0.510. The van der Waals surface area contributed by atoms with Gasteiger partial charge in [0.15, 0.2) is 0 Å². The van der Waals surface area contributed by atoms with Gasteiger partial charge in [-0.3, -0.25) is 4.79 Å². The van der Waals surface area contributed by atoms with Crippen LogP contribution in [0, 0.1) is 0 Å². The first-order valence-corrected chi connectivity index (χ1v) is 7.61. The molecule has 0 amide bonds. The van der Waals surface area contributed by atoms with Crippen LogP contribution in [-0.4, -0.2) is 19.9 Å². The molecule has 2 aromatic heterocycles. The van der Waals surface area contributed by atoms with Gasteiger partial charge in [-0.05, 0) is 36.4 Å². The van der Waals surface area contributed by atoms with E-state index in [1.54, 1.807) is 24.3 Å². The molecule has 2 heterocycles. The number of aryl methyl sites for hydroxylation is 1. The van der Waals surface area contributed by atoms with Crippen LogP contribution in [0.4, 0.5) is 13.2 Å². The number of fused-ring (bicyclic) bond motifs is 3. The molecule has 0 saturated heterocycles. The average Bonchev–Trinajstić information content (AvgIpc) is 2.97. The standard InChI is InChI=1S/C17H11F3N4O2.H2O/c1-22-14-16(26)23(11-8-6-10(7-9-11)17(18,19)20)21-24(14)13-5-3-2-4-12(13)15(22)25;/h2-9H,1H3;1H2. The second-order valence-corrected chi connectivity index (χ2v) is 5.83. The molecule has 0 bridgehead atoms. The van der Waals surface area contributed by atoms with Gasteiger partial charge < -0.3 is 5.48 Å². The number of aromatic amines is 1. The molecule has 0 aliphatic rings. The van der Waals surface area contributed by atoms with E-state index < -0.39 is 17.3 Å². The Morgan fingerprint density at radius 3 is 2.22 bits per heavy atom. The number of benzene rings is 2. The zero-order valence-electron chi connectivity index (χ0n) is 13.9. The van der Waals surface area contributed by atoms with Crippen molar-refractivity contribution in [1.29, 1.82) is 0 Å². The van der Waals surface area contributed by atoms with Crippen LogP contribution in [0.1, 0.15) is 5.56 Å². The fraction of sp³-hybridized carbons (Fsp3) is 0.118. The van der Waals surface area contributed by atoms with Crippen LogP contribution in [0.25, 0.3) is 22.2 Å². The lowest BCUT2D eigenvalue weighted by atomic mass is 10.2. The maximum atomic E-state index is 12.8. The summed E-state index contributed by atoms with van der Waals surface area (Å²) in [5.74, 6) is 0. The van der Waals surface area contributed by atoms with Gasteiger partial charge in [-0.25, -0.2) is 9.36 Å². The smallest absolute Gasteiger partial charge is 0.416 e. The third kappa shape index (κ3) is 2.70. The first kappa shape index (κ1) is 18.4. The molecule has 0 spiro atoms. The highest BCUT2D eigenvalue weighted by Gasteiger charge is 2.30. The molecule has 0 unspecified atom stereocenters. The van der Waals surface area contributed by atoms with Crippen molar-refractivity contribution in [2.45, 2.75) is 6.18 Å². The number of halogens is 3. The summed E-state index contributed by atoms with van der Waals surface area (Å²) >= 11 is 0. The van der Waals surface area contributed by atoms with Crippen molar-refractivity contribution in [2.24, 2.45) is 7.05 Å². The summed E-state index contributed by atoms with van der Waals surface area (Å²) < 4.78 is 41.9. The highest BCUT2D eigenvalue weighted by molar-refractivity contribution is 5.75. The van der Waals surface area contributed by atoms with Crippen LogP contribution in [0.3, 0.4) is 0 Å². The lowest BCUT2D eigenvalue weighted by Gasteiger charge is -2.05. The van der Waals surface area contributed by atoms with Crippen molar-refractivity contribution >= 4 is 16.6 Å². The number of aromatic nitrogens is 4. The third-order valence-corrected chi connectivity index (χ3v) is 4.26. The van der Waals surface area contributed by atoms with E-state index in [9.17, 15) is 22.8 Å². The Morgan fingerprint density at radius 2 is 1.59 bits per heavy atom. The second-order valence-electron chi connectivity index (χ2n) is 5.83. The second kappa shape index (κ2) is 6.09. The molecule has 4 aromatic rings. The van der Waals surface area contributed by atoms with Crippen LogP contribution in [0.5, 0.6) is 0 Å². The first-order chi connectivity index (χ1) is 12.3. The number of rotatable bonds is 1. The van der Waals surface area contributed by atoms with E-state index in [4.69, 9.17) is 0 Å². The third-order valence-electron chi connectivity index (χ3n) is 4.26. The summed E-state index contributed by atoms with van der Waals surface area (Å²) in [7, 11) is 1.47. The fourth-order valence-electron chi connectivity index (χ4n) is 2.95. The monoisotopic (exact) mass is 378 g/mol. The Bertz CT molecular complexity index is 1270. The van der Waals surface area contributed by atoms with Gasteiger partial charge in [0.2, 0.25) is 0 Å². The summed E-state index contributed by atoms with van der Waals surface area (Å²) in [6, 6.07) is 10.9. The van der Waals surface area contributed by atoms with Crippen molar-refractivity contribution in [3.05, 3.63) is 74.8 Å². The molecule has 0 radical (unpaired) electrons. The maximum Gasteiger partial charge on any atom is 0.416 e. The van der Waals surface area contributed by atoms with Gasteiger partial charge >= 0.3 is 22.9 Å². The zero-order chi connectivity index (χ0) is 18.6. The molecular formula is C17H13F3N4O3. The number of alkyl halides is 3. The molecule has 4 rings (SSSR count). The minimum Gasteiger partial charge on any atom is -0.870 e. The minimum absolute atomic E-state index is 0. The van der Waals surface area contributed by atoms with Crippen LogP contribution in [0.15, 0.2) is 58.1 Å². The van der Waals surface area contributed by atoms with E-state index in [2.05, 4.69) is 5.21 Å². The average molecular weight is 378 g/mol. The molecular weight excluding hydrogens is 365 g/mol. The van der Waals surface area contributed by atoms with Crippen molar-refractivity contribution < 1.29 is 23.2 Å². The van der Waals surface area contributed by atoms with Crippen LogP contribution >= 0.6 is 0 Å². The molecule has 27 heavy (non-hydrogen) atoms. The zero-order valence-corrected chi connectivity index (χ0v) is 13.9. The summed E-state index contributed by atoms with van der Waals surface area (Å²) in [6.45, 7) is 0. The molecule has 0 fully saturated rings. The summed E-state index contributed by atoms with van der Waals surface area (Å²) in [5, 5.41) is 3.24. The van der Waals surface area contributed by atoms with Crippen molar-refractivity contribution in [2.75, 3.05) is 0 Å². The van der Waals surface area contributed by atoms with E-state index in [0.717, 1.165) is 16.8 Å². The van der Waals surface area contributed by atoms with Crippen LogP contribution < -0.4 is 15.6 Å². The molecule has 0 aliphatic carbocycles. The van der Waals surface area contributed by atoms with Gasteiger partial charge in [0.05, 0.1) is 18.0 Å². The first-order valence-electron chi connectivity index (χ1n) is 7.61. The normalized spacial score (nSPS) is 11.7. The van der Waals surface area contributed by atoms with E-state index in [1.807, 2.05) is 0 Å². The Morgan fingerprint density at radius 1 is 0.963 bits per heavy atom. The largest absolute Gasteiger partial charge is 0.870 e. The lowest BCUT2D eigenvalue weighted by molar-refractivity contribution is -0.559. The SMILES string of the molecule is Cn1c(=O)c2ccccc2[n+]2[nH]n(-c3ccc(C(F)(F)F)cc3)c(=O)c12.[OH-]. The molecule has 10 heteroatoms. The van der Waals surface area contributed by atoms with Crippen LogP contribution in [-0.2, 0) is 13.2 Å². The van der Waals surface area contributed by atoms with E-state index in [0.29, 0.717) is 10.9 Å². The predicted octanol–water partition coefficient (Wildman–Crippen LogP) is 1.60. The fourth-order valence-corrected chi connectivity index (χ4v) is 2.95. The summed E-state index contributed by atoms with van der Waals surface area (Å²) in [5.41, 5.74) is -0.896. The highest BCUT2D eigenvalue weighted by atomic mass is 19.4. The van der Waals surface area contributed by atoms with Crippen molar-refractivity contribution in [1.82, 2.24) is 14.5 Å². The number of para-hydroxylation sites is 1. The molecule has 140 valence electrons. The molecule has 2 aromatic carbocycles. The van der Waals surface area contributed by atoms with Gasteiger partial charge in [0.1, 0.15) is 11.2 Å². The van der Waals surface area contributed by atoms with Crippen molar-refractivity contribution in [3.8, 4) is 5.69 Å². The number of hydrogen-bond acceptors (Lipinski definition) is 3. The van der Waals surface area contributed by atoms with Gasteiger partial charge in [-0.1, -0.05) is 12.1 Å². The van der Waals surface area contributed by atoms with Gasteiger partial charge in [0.25, 0.3) is 0 Å². The number of H-pyrrole nitrogens is 1. The Labute approximate surface area is 148 Å². The molecule has 0 aliphatic heterocycles. The predicted molar refractivity (Wildman–Crippen MR) is 89.2 cm³/mol. The van der Waals surface area contributed by atoms with Crippen LogP contribution in [0.2, 0.25) is 0 Å². The van der Waals surface area contributed by atoms with Crippen molar-refractivity contribution in [3.63, 3.8) is 0 Å². The molecule has 0 saturated carbocycles. The van der Waals surface area contributed by atoms with Gasteiger partial charge in [-0.2, -0.15) is 13.2 Å². The molecule has 0 atom stereocenters. The van der Waals surface area contributed by atoms with E-state index >= 15 is 0 Å². The van der Waals surface area contributed by atoms with E-state index in [1.165, 1.54) is 28.3 Å². The number of nitrogens with one attached hydrogen (secondary N) is 1. The number of hydrogen-bond donors (Lipinski definition) is 1. The Balaban J connectivity index is 0.00000210. The Kier molecular flexibility index (Phi) is 4.15. The summed E-state index contributed by atoms with van der Waals surface area (Å²) in [4.78, 5) is 25.2. The lowest BCUT2D eigenvalue weighted by Crippen LogP contribution is -2.35. The Hall–Kier alpha value is -3.40.